The van der Waals surface area contributed by atoms with Crippen LogP contribution in [0.3, 0.4) is 0 Å². The average molecular weight is 528 g/mol. The lowest BCUT2D eigenvalue weighted by Gasteiger charge is -2.44. The number of nitrogens with zero attached hydrogens (tertiary/aromatic N) is 2. The molecule has 0 aromatic heterocycles. The lowest BCUT2D eigenvalue weighted by molar-refractivity contribution is -0.138. The quantitative estimate of drug-likeness (QED) is 0.556. The Morgan fingerprint density at radius 1 is 1.08 bits per heavy atom. The van der Waals surface area contributed by atoms with Crippen LogP contribution in [0, 0.1) is 5.92 Å². The Hall–Kier alpha value is -2.61. The molecule has 2 saturated carbocycles. The molecule has 0 bridgehead atoms. The first-order valence-electron chi connectivity index (χ1n) is 14.4. The second-order valence-electron chi connectivity index (χ2n) is 12.6. The zero-order valence-electron chi connectivity index (χ0n) is 23.3. The number of carbonyl (C=O) groups is 3. The monoisotopic (exact) mass is 527 g/mol. The minimum atomic E-state index is -1.00. The first-order chi connectivity index (χ1) is 18.0. The second-order valence-corrected chi connectivity index (χ2v) is 12.6. The molecule has 1 aromatic rings. The van der Waals surface area contributed by atoms with E-state index in [2.05, 4.69) is 0 Å². The van der Waals surface area contributed by atoms with Crippen molar-refractivity contribution in [1.29, 1.82) is 0 Å². The highest BCUT2D eigenvalue weighted by Gasteiger charge is 2.40. The van der Waals surface area contributed by atoms with Crippen LogP contribution < -0.4 is 5.73 Å². The maximum absolute atomic E-state index is 14.0. The molecule has 8 heteroatoms. The van der Waals surface area contributed by atoms with Gasteiger partial charge in [-0.2, -0.15) is 0 Å². The number of benzene rings is 1. The molecule has 210 valence electrons. The molecule has 3 N–H and O–H groups in total. The maximum atomic E-state index is 14.0. The van der Waals surface area contributed by atoms with Crippen molar-refractivity contribution in [3.05, 3.63) is 34.9 Å². The van der Waals surface area contributed by atoms with Crippen LogP contribution in [0.4, 0.5) is 4.79 Å². The Balaban J connectivity index is 1.60. The first kappa shape index (κ1) is 28.4. The van der Waals surface area contributed by atoms with E-state index in [1.54, 1.807) is 26.8 Å². The molecule has 1 aliphatic heterocycles. The third-order valence-corrected chi connectivity index (χ3v) is 8.37. The van der Waals surface area contributed by atoms with Gasteiger partial charge in [0.2, 0.25) is 11.8 Å². The van der Waals surface area contributed by atoms with E-state index in [1.165, 1.54) is 11.3 Å². The van der Waals surface area contributed by atoms with Crippen molar-refractivity contribution in [3.63, 3.8) is 0 Å². The molecule has 4 rings (SSSR count). The van der Waals surface area contributed by atoms with Gasteiger partial charge in [-0.25, -0.2) is 4.79 Å². The third kappa shape index (κ3) is 6.87. The van der Waals surface area contributed by atoms with Gasteiger partial charge in [0.05, 0.1) is 18.2 Å². The van der Waals surface area contributed by atoms with Crippen molar-refractivity contribution >= 4 is 17.9 Å². The molecule has 1 aromatic carbocycles. The number of primary amides is 1. The molecule has 3 aliphatic rings. The summed E-state index contributed by atoms with van der Waals surface area (Å²) < 4.78 is 5.67. The SMILES string of the molecule is CC(C)(C)OC(=O)N(CC(=O)N1CCc2cc(C(N)=O)ccc2C1C1CCCCC1)CC1(O)CCCCC1. The smallest absolute Gasteiger partial charge is 0.410 e. The van der Waals surface area contributed by atoms with Crippen molar-refractivity contribution in [1.82, 2.24) is 9.80 Å². The number of nitrogens with two attached hydrogens (primary N) is 1. The van der Waals surface area contributed by atoms with E-state index < -0.39 is 23.2 Å². The molecular weight excluding hydrogens is 482 g/mol. The minimum absolute atomic E-state index is 0.0914. The van der Waals surface area contributed by atoms with Crippen LogP contribution in [0.2, 0.25) is 0 Å². The number of rotatable bonds is 6. The number of ether oxygens (including phenoxy) is 1. The largest absolute Gasteiger partial charge is 0.444 e. The maximum Gasteiger partial charge on any atom is 0.410 e. The summed E-state index contributed by atoms with van der Waals surface area (Å²) in [6.07, 6.45) is 9.74. The average Bonchev–Trinajstić information content (AvgIpc) is 2.87. The summed E-state index contributed by atoms with van der Waals surface area (Å²) in [6.45, 7) is 5.90. The molecule has 0 radical (unpaired) electrons. The fourth-order valence-electron chi connectivity index (χ4n) is 6.54. The lowest BCUT2D eigenvalue weighted by atomic mass is 9.77. The first-order valence-corrected chi connectivity index (χ1v) is 14.4. The van der Waals surface area contributed by atoms with Crippen LogP contribution >= 0.6 is 0 Å². The van der Waals surface area contributed by atoms with E-state index in [9.17, 15) is 19.5 Å². The van der Waals surface area contributed by atoms with Crippen LogP contribution in [-0.2, 0) is 16.0 Å². The summed E-state index contributed by atoms with van der Waals surface area (Å²) in [7, 11) is 0. The summed E-state index contributed by atoms with van der Waals surface area (Å²) in [5, 5.41) is 11.3. The van der Waals surface area contributed by atoms with Gasteiger partial charge < -0.3 is 20.5 Å². The van der Waals surface area contributed by atoms with Gasteiger partial charge in [0.25, 0.3) is 0 Å². The Bertz CT molecular complexity index is 1020. The van der Waals surface area contributed by atoms with Crippen molar-refractivity contribution in [2.45, 2.75) is 109 Å². The van der Waals surface area contributed by atoms with Crippen LogP contribution in [0.5, 0.6) is 0 Å². The van der Waals surface area contributed by atoms with E-state index >= 15 is 0 Å². The van der Waals surface area contributed by atoms with Crippen molar-refractivity contribution in [2.24, 2.45) is 11.7 Å². The number of hydrogen-bond acceptors (Lipinski definition) is 5. The summed E-state index contributed by atoms with van der Waals surface area (Å²) in [6, 6.07) is 5.49. The molecule has 38 heavy (non-hydrogen) atoms. The van der Waals surface area contributed by atoms with E-state index in [4.69, 9.17) is 10.5 Å². The zero-order chi connectivity index (χ0) is 27.5. The van der Waals surface area contributed by atoms with Crippen molar-refractivity contribution in [3.8, 4) is 0 Å². The van der Waals surface area contributed by atoms with Crippen LogP contribution in [0.1, 0.15) is 113 Å². The van der Waals surface area contributed by atoms with Gasteiger partial charge in [-0.05, 0) is 82.1 Å². The van der Waals surface area contributed by atoms with E-state index in [-0.39, 0.29) is 25.0 Å². The van der Waals surface area contributed by atoms with Crippen LogP contribution in [0.25, 0.3) is 0 Å². The molecule has 8 nitrogen and oxygen atoms in total. The zero-order valence-corrected chi connectivity index (χ0v) is 23.3. The Morgan fingerprint density at radius 2 is 1.74 bits per heavy atom. The molecule has 1 heterocycles. The summed E-state index contributed by atoms with van der Waals surface area (Å²) in [5.74, 6) is -0.256. The number of aliphatic hydroxyl groups is 1. The molecule has 2 fully saturated rings. The highest BCUT2D eigenvalue weighted by atomic mass is 16.6. The molecule has 2 aliphatic carbocycles. The molecule has 1 unspecified atom stereocenters. The highest BCUT2D eigenvalue weighted by Crippen LogP contribution is 2.42. The Morgan fingerprint density at radius 3 is 2.37 bits per heavy atom. The number of amides is 3. The molecule has 3 amide bonds. The fourth-order valence-corrected chi connectivity index (χ4v) is 6.54. The van der Waals surface area contributed by atoms with E-state index in [0.29, 0.717) is 37.3 Å². The number of fused-ring (bicyclic) bond motifs is 1. The highest BCUT2D eigenvalue weighted by molar-refractivity contribution is 5.93. The molecular formula is C30H45N3O5. The summed E-state index contributed by atoms with van der Waals surface area (Å²) in [4.78, 5) is 42.4. The van der Waals surface area contributed by atoms with Gasteiger partial charge in [-0.1, -0.05) is 44.6 Å². The van der Waals surface area contributed by atoms with Gasteiger partial charge >= 0.3 is 6.09 Å². The third-order valence-electron chi connectivity index (χ3n) is 8.37. The second kappa shape index (κ2) is 11.6. The van der Waals surface area contributed by atoms with Crippen molar-refractivity contribution < 1.29 is 24.2 Å². The normalized spacial score (nSPS) is 21.9. The predicted molar refractivity (Wildman–Crippen MR) is 146 cm³/mol. The van der Waals surface area contributed by atoms with Crippen LogP contribution in [-0.4, -0.2) is 63.7 Å². The number of carbonyl (C=O) groups excluding carboxylic acids is 3. The molecule has 1 atom stereocenters. The summed E-state index contributed by atoms with van der Waals surface area (Å²) in [5.41, 5.74) is 6.47. The minimum Gasteiger partial charge on any atom is -0.444 e. The number of hydrogen-bond donors (Lipinski definition) is 2. The fraction of sp³-hybridized carbons (Fsp3) is 0.700. The van der Waals surface area contributed by atoms with E-state index in [0.717, 1.165) is 56.1 Å². The van der Waals surface area contributed by atoms with Gasteiger partial charge in [0.15, 0.2) is 0 Å². The molecule has 0 saturated heterocycles. The Labute approximate surface area is 226 Å². The molecule has 0 spiro atoms. The van der Waals surface area contributed by atoms with Gasteiger partial charge in [-0.15, -0.1) is 0 Å². The predicted octanol–water partition coefficient (Wildman–Crippen LogP) is 4.72. The van der Waals surface area contributed by atoms with Gasteiger partial charge in [0.1, 0.15) is 12.1 Å². The van der Waals surface area contributed by atoms with Crippen LogP contribution in [0.15, 0.2) is 18.2 Å². The van der Waals surface area contributed by atoms with Gasteiger partial charge in [-0.3, -0.25) is 14.5 Å². The summed E-state index contributed by atoms with van der Waals surface area (Å²) >= 11 is 0. The van der Waals surface area contributed by atoms with Gasteiger partial charge in [0, 0.05) is 12.1 Å². The Kier molecular flexibility index (Phi) is 8.70. The van der Waals surface area contributed by atoms with E-state index in [1.807, 2.05) is 17.0 Å². The lowest BCUT2D eigenvalue weighted by Crippen LogP contribution is -2.53. The topological polar surface area (TPSA) is 113 Å². The standard InChI is InChI=1S/C30H45N3O5/c1-29(2,3)38-28(36)32(20-30(37)15-8-5-9-16-30)19-25(34)33-17-14-22-18-23(27(31)35)12-13-24(22)26(33)21-10-6-4-7-11-21/h12-13,18,21,26,37H,4-11,14-17,19-20H2,1-3H3,(H2,31,35). The van der Waals surface area contributed by atoms with Crippen molar-refractivity contribution in [2.75, 3.05) is 19.6 Å².